The van der Waals surface area contributed by atoms with Gasteiger partial charge in [-0.15, -0.1) is 0 Å². The fourth-order valence-corrected chi connectivity index (χ4v) is 4.57. The molecule has 4 amide bonds. The Morgan fingerprint density at radius 3 is 2.37 bits per heavy atom. The smallest absolute Gasteiger partial charge is 0.335 e. The maximum atomic E-state index is 13.5. The number of anilines is 1. The van der Waals surface area contributed by atoms with Crippen LogP contribution in [0.15, 0.2) is 96.6 Å². The molecule has 1 aliphatic heterocycles. The van der Waals surface area contributed by atoms with Crippen LogP contribution in [0.4, 0.5) is 16.2 Å². The molecule has 12 heteroatoms. The van der Waals surface area contributed by atoms with Crippen LogP contribution in [-0.4, -0.2) is 22.8 Å². The van der Waals surface area contributed by atoms with Crippen LogP contribution in [0.25, 0.3) is 6.08 Å². The van der Waals surface area contributed by atoms with Gasteiger partial charge in [-0.1, -0.05) is 53.5 Å². The van der Waals surface area contributed by atoms with Crippen LogP contribution in [0.2, 0.25) is 10.0 Å². The van der Waals surface area contributed by atoms with Gasteiger partial charge in [0.05, 0.1) is 10.6 Å². The molecule has 4 aromatic rings. The first-order valence-electron chi connectivity index (χ1n) is 12.7. The molecule has 10 nitrogen and oxygen atoms in total. The number of nitro groups is 1. The molecular weight excluding hydrogens is 597 g/mol. The minimum absolute atomic E-state index is 0.0326. The molecule has 1 heterocycles. The van der Waals surface area contributed by atoms with Gasteiger partial charge < -0.3 is 9.47 Å². The second-order valence-corrected chi connectivity index (χ2v) is 10.1. The van der Waals surface area contributed by atoms with Crippen molar-refractivity contribution in [3.05, 3.63) is 133 Å². The summed E-state index contributed by atoms with van der Waals surface area (Å²) in [7, 11) is 0. The number of urea groups is 1. The Labute approximate surface area is 255 Å². The molecule has 0 atom stereocenters. The van der Waals surface area contributed by atoms with Crippen molar-refractivity contribution in [3.63, 3.8) is 0 Å². The van der Waals surface area contributed by atoms with Crippen LogP contribution in [0, 0.1) is 10.1 Å². The zero-order chi connectivity index (χ0) is 30.5. The molecule has 0 radical (unpaired) electrons. The predicted molar refractivity (Wildman–Crippen MR) is 160 cm³/mol. The molecule has 0 saturated carbocycles. The molecule has 43 heavy (non-hydrogen) atoms. The Kier molecular flexibility index (Phi) is 8.70. The molecule has 4 aromatic carbocycles. The molecule has 0 aromatic heterocycles. The summed E-state index contributed by atoms with van der Waals surface area (Å²) in [5.74, 6) is -1.02. The van der Waals surface area contributed by atoms with E-state index in [1.807, 2.05) is 18.2 Å². The third-order valence-electron chi connectivity index (χ3n) is 6.34. The summed E-state index contributed by atoms with van der Waals surface area (Å²) in [5.41, 5.74) is 1.40. The second-order valence-electron chi connectivity index (χ2n) is 9.23. The predicted octanol–water partition coefficient (Wildman–Crippen LogP) is 6.73. The van der Waals surface area contributed by atoms with Gasteiger partial charge in [0, 0.05) is 33.3 Å². The summed E-state index contributed by atoms with van der Waals surface area (Å²) >= 11 is 12.4. The minimum atomic E-state index is -0.912. The number of benzene rings is 4. The second kappa shape index (κ2) is 12.8. The van der Waals surface area contributed by atoms with Crippen LogP contribution in [-0.2, 0) is 22.8 Å². The van der Waals surface area contributed by atoms with E-state index in [2.05, 4.69) is 5.32 Å². The molecule has 1 aliphatic rings. The van der Waals surface area contributed by atoms with Gasteiger partial charge in [-0.2, -0.15) is 0 Å². The van der Waals surface area contributed by atoms with Crippen molar-refractivity contribution in [1.29, 1.82) is 0 Å². The number of imide groups is 2. The van der Waals surface area contributed by atoms with Crippen molar-refractivity contribution in [3.8, 4) is 11.5 Å². The number of non-ortho nitro benzene ring substituents is 1. The van der Waals surface area contributed by atoms with Gasteiger partial charge in [0.25, 0.3) is 17.5 Å². The first-order chi connectivity index (χ1) is 20.7. The third-order valence-corrected chi connectivity index (χ3v) is 6.94. The van der Waals surface area contributed by atoms with Gasteiger partial charge in [0.15, 0.2) is 0 Å². The molecule has 0 bridgehead atoms. The van der Waals surface area contributed by atoms with Gasteiger partial charge in [0.2, 0.25) is 0 Å². The zero-order valence-electron chi connectivity index (χ0n) is 22.2. The first kappa shape index (κ1) is 29.3. The molecular formula is C31H21Cl2N3O7. The summed E-state index contributed by atoms with van der Waals surface area (Å²) in [6.07, 6.45) is 1.27. The first-order valence-corrected chi connectivity index (χ1v) is 13.5. The monoisotopic (exact) mass is 617 g/mol. The highest BCUT2D eigenvalue weighted by atomic mass is 35.5. The number of halogens is 2. The van der Waals surface area contributed by atoms with Crippen molar-refractivity contribution in [1.82, 2.24) is 5.32 Å². The maximum Gasteiger partial charge on any atom is 0.335 e. The van der Waals surface area contributed by atoms with Gasteiger partial charge in [-0.05, 0) is 60.2 Å². The standard InChI is InChI=1S/C31H21Cl2N3O7/c32-22-8-13-28(43-17-19-4-3-6-24(14-19)36(40)41)21(15-22)16-26-29(37)34-31(39)35(30(26)38)23-9-11-25(12-10-23)42-18-20-5-1-2-7-27(20)33/h1-16H,17-18H2,(H,34,37,39)/b26-16+. The summed E-state index contributed by atoms with van der Waals surface area (Å²) in [5, 5.41) is 14.1. The Bertz CT molecular complexity index is 1770. The number of rotatable bonds is 9. The number of carbonyl (C=O) groups excluding carboxylic acids is 3. The molecule has 1 N–H and O–H groups in total. The molecule has 0 spiro atoms. The van der Waals surface area contributed by atoms with E-state index in [0.717, 1.165) is 10.5 Å². The van der Waals surface area contributed by atoms with E-state index in [9.17, 15) is 24.5 Å². The summed E-state index contributed by atoms with van der Waals surface area (Å²) in [4.78, 5) is 50.3. The Morgan fingerprint density at radius 2 is 1.63 bits per heavy atom. The number of nitrogens with one attached hydrogen (secondary N) is 1. The van der Waals surface area contributed by atoms with Crippen molar-refractivity contribution in [2.24, 2.45) is 0 Å². The fraction of sp³-hybridized carbons (Fsp3) is 0.0645. The lowest BCUT2D eigenvalue weighted by Gasteiger charge is -2.26. The van der Waals surface area contributed by atoms with Gasteiger partial charge >= 0.3 is 6.03 Å². The van der Waals surface area contributed by atoms with Crippen molar-refractivity contribution in [2.75, 3.05) is 4.90 Å². The average molecular weight is 618 g/mol. The highest BCUT2D eigenvalue weighted by Gasteiger charge is 2.37. The number of amides is 4. The van der Waals surface area contributed by atoms with E-state index in [-0.39, 0.29) is 41.5 Å². The maximum absolute atomic E-state index is 13.5. The number of carbonyl (C=O) groups is 3. The SMILES string of the molecule is O=C1NC(=O)N(c2ccc(OCc3ccccc3Cl)cc2)C(=O)/C1=C/c1cc(Cl)ccc1OCc1cccc([N+](=O)[O-])c1. The Morgan fingerprint density at radius 1 is 0.860 bits per heavy atom. The van der Waals surface area contributed by atoms with E-state index in [1.54, 1.807) is 36.4 Å². The summed E-state index contributed by atoms with van der Waals surface area (Å²) in [6, 6.07) is 23.1. The van der Waals surface area contributed by atoms with Crippen LogP contribution in [0.3, 0.4) is 0 Å². The van der Waals surface area contributed by atoms with Crippen LogP contribution in [0.1, 0.15) is 16.7 Å². The fourth-order valence-electron chi connectivity index (χ4n) is 4.20. The Balaban J connectivity index is 1.36. The molecule has 0 aliphatic carbocycles. The third kappa shape index (κ3) is 6.83. The van der Waals surface area contributed by atoms with E-state index >= 15 is 0 Å². The number of nitrogens with zero attached hydrogens (tertiary/aromatic N) is 2. The van der Waals surface area contributed by atoms with Crippen molar-refractivity contribution < 1.29 is 28.8 Å². The van der Waals surface area contributed by atoms with Crippen molar-refractivity contribution >= 4 is 58.5 Å². The lowest BCUT2D eigenvalue weighted by Crippen LogP contribution is -2.54. The average Bonchev–Trinajstić information content (AvgIpc) is 2.99. The molecule has 5 rings (SSSR count). The summed E-state index contributed by atoms with van der Waals surface area (Å²) in [6.45, 7) is 0.184. The minimum Gasteiger partial charge on any atom is -0.489 e. The Hall–Kier alpha value is -5.19. The molecule has 1 saturated heterocycles. The van der Waals surface area contributed by atoms with E-state index in [1.165, 1.54) is 42.5 Å². The number of nitro benzene ring substituents is 1. The van der Waals surface area contributed by atoms with Crippen LogP contribution < -0.4 is 19.7 Å². The quantitative estimate of drug-likeness (QED) is 0.0954. The lowest BCUT2D eigenvalue weighted by molar-refractivity contribution is -0.384. The largest absolute Gasteiger partial charge is 0.489 e. The molecule has 1 fully saturated rings. The van der Waals surface area contributed by atoms with Gasteiger partial charge in [-0.25, -0.2) is 9.69 Å². The van der Waals surface area contributed by atoms with E-state index < -0.39 is 22.8 Å². The highest BCUT2D eigenvalue weighted by Crippen LogP contribution is 2.30. The van der Waals surface area contributed by atoms with Gasteiger partial charge in [-0.3, -0.25) is 25.0 Å². The van der Waals surface area contributed by atoms with Crippen LogP contribution in [0.5, 0.6) is 11.5 Å². The highest BCUT2D eigenvalue weighted by molar-refractivity contribution is 6.39. The number of barbiturate groups is 1. The normalized spacial score (nSPS) is 14.0. The number of ether oxygens (including phenoxy) is 2. The molecule has 0 unspecified atom stereocenters. The van der Waals surface area contributed by atoms with Crippen molar-refractivity contribution in [2.45, 2.75) is 13.2 Å². The number of hydrogen-bond acceptors (Lipinski definition) is 7. The topological polar surface area (TPSA) is 128 Å². The lowest BCUT2D eigenvalue weighted by atomic mass is 10.1. The number of hydrogen-bond donors (Lipinski definition) is 1. The molecule has 216 valence electrons. The van der Waals surface area contributed by atoms with E-state index in [4.69, 9.17) is 32.7 Å². The summed E-state index contributed by atoms with van der Waals surface area (Å²) < 4.78 is 11.6. The van der Waals surface area contributed by atoms with Gasteiger partial charge in [0.1, 0.15) is 30.3 Å². The van der Waals surface area contributed by atoms with Crippen LogP contribution >= 0.6 is 23.2 Å². The van der Waals surface area contributed by atoms with E-state index in [0.29, 0.717) is 21.4 Å². The zero-order valence-corrected chi connectivity index (χ0v) is 23.7.